The fourth-order valence-electron chi connectivity index (χ4n) is 1.94. The molecule has 1 amide bonds. The van der Waals surface area contributed by atoms with Crippen molar-refractivity contribution in [3.8, 4) is 0 Å². The van der Waals surface area contributed by atoms with E-state index in [1.807, 2.05) is 34.6 Å². The predicted octanol–water partition coefficient (Wildman–Crippen LogP) is 1.60. The summed E-state index contributed by atoms with van der Waals surface area (Å²) in [5.74, 6) is 0.246. The summed E-state index contributed by atoms with van der Waals surface area (Å²) < 4.78 is 5.34. The van der Waals surface area contributed by atoms with Crippen molar-refractivity contribution in [3.63, 3.8) is 0 Å². The average molecular weight is 272 g/mol. The van der Waals surface area contributed by atoms with Gasteiger partial charge in [-0.05, 0) is 33.1 Å². The average Bonchev–Trinajstić information content (AvgIpc) is 2.71. The Morgan fingerprint density at radius 2 is 2.11 bits per heavy atom. The van der Waals surface area contributed by atoms with Crippen LogP contribution in [-0.2, 0) is 4.74 Å². The molecule has 19 heavy (non-hydrogen) atoms. The van der Waals surface area contributed by atoms with E-state index in [4.69, 9.17) is 4.74 Å². The number of aliphatic hydroxyl groups excluding tert-OH is 1. The summed E-state index contributed by atoms with van der Waals surface area (Å²) in [6, 6.07) is 0.251. The Hall–Kier alpha value is -0.810. The molecule has 1 fully saturated rings. The fourth-order valence-corrected chi connectivity index (χ4v) is 1.94. The van der Waals surface area contributed by atoms with Crippen molar-refractivity contribution >= 4 is 6.09 Å². The molecule has 0 bridgehead atoms. The zero-order valence-electron chi connectivity index (χ0n) is 12.8. The summed E-state index contributed by atoms with van der Waals surface area (Å²) in [7, 11) is 0. The molecule has 0 saturated carbocycles. The lowest BCUT2D eigenvalue weighted by Crippen LogP contribution is -2.41. The molecule has 0 radical (unpaired) electrons. The lowest BCUT2D eigenvalue weighted by atomic mass is 10.1. The first-order chi connectivity index (χ1) is 8.69. The molecule has 1 saturated heterocycles. The van der Waals surface area contributed by atoms with Gasteiger partial charge in [0, 0.05) is 25.7 Å². The first-order valence-electron chi connectivity index (χ1n) is 7.08. The monoisotopic (exact) mass is 272 g/mol. The molecule has 1 aliphatic rings. The number of nitrogens with one attached hydrogen (secondary N) is 1. The largest absolute Gasteiger partial charge is 0.444 e. The van der Waals surface area contributed by atoms with Gasteiger partial charge in [-0.3, -0.25) is 0 Å². The second kappa shape index (κ2) is 6.57. The highest BCUT2D eigenvalue weighted by Gasteiger charge is 2.29. The maximum atomic E-state index is 11.9. The van der Waals surface area contributed by atoms with Gasteiger partial charge < -0.3 is 20.1 Å². The molecule has 1 rings (SSSR count). The van der Waals surface area contributed by atoms with Crippen molar-refractivity contribution in [3.05, 3.63) is 0 Å². The van der Waals surface area contributed by atoms with E-state index >= 15 is 0 Å². The molecule has 0 aliphatic carbocycles. The van der Waals surface area contributed by atoms with Crippen LogP contribution in [0.25, 0.3) is 0 Å². The predicted molar refractivity (Wildman–Crippen MR) is 75.1 cm³/mol. The molecular formula is C14H28N2O3. The van der Waals surface area contributed by atoms with Crippen molar-refractivity contribution in [1.29, 1.82) is 0 Å². The number of aliphatic hydroxyl groups is 1. The number of amides is 1. The summed E-state index contributed by atoms with van der Waals surface area (Å²) in [4.78, 5) is 13.6. The maximum Gasteiger partial charge on any atom is 0.410 e. The van der Waals surface area contributed by atoms with Crippen LogP contribution >= 0.6 is 0 Å². The summed E-state index contributed by atoms with van der Waals surface area (Å²) in [5.41, 5.74) is -0.448. The molecule has 0 aromatic carbocycles. The molecule has 0 aromatic heterocycles. The van der Waals surface area contributed by atoms with E-state index in [0.29, 0.717) is 19.6 Å². The van der Waals surface area contributed by atoms with Crippen LogP contribution in [0.3, 0.4) is 0 Å². The summed E-state index contributed by atoms with van der Waals surface area (Å²) in [6.07, 6.45) is 0.320. The summed E-state index contributed by atoms with van der Waals surface area (Å²) in [6.45, 7) is 11.5. The van der Waals surface area contributed by atoms with Gasteiger partial charge in [-0.25, -0.2) is 4.79 Å². The second-order valence-corrected chi connectivity index (χ2v) is 6.63. The highest BCUT2D eigenvalue weighted by molar-refractivity contribution is 5.68. The Balaban J connectivity index is 2.31. The molecule has 5 heteroatoms. The van der Waals surface area contributed by atoms with E-state index in [9.17, 15) is 9.90 Å². The third-order valence-electron chi connectivity index (χ3n) is 3.23. The quantitative estimate of drug-likeness (QED) is 0.816. The topological polar surface area (TPSA) is 61.8 Å². The number of rotatable bonds is 4. The Labute approximate surface area is 116 Å². The van der Waals surface area contributed by atoms with Crippen molar-refractivity contribution in [2.24, 2.45) is 5.92 Å². The van der Waals surface area contributed by atoms with Crippen molar-refractivity contribution in [1.82, 2.24) is 10.2 Å². The Kier molecular flexibility index (Phi) is 5.62. The van der Waals surface area contributed by atoms with Crippen molar-refractivity contribution < 1.29 is 14.6 Å². The van der Waals surface area contributed by atoms with Gasteiger partial charge in [0.25, 0.3) is 0 Å². The van der Waals surface area contributed by atoms with Gasteiger partial charge in [-0.1, -0.05) is 13.8 Å². The SMILES string of the molecule is CC(C)C(O)CNC1CCN(C(=O)OC(C)(C)C)C1. The van der Waals surface area contributed by atoms with E-state index in [1.54, 1.807) is 4.90 Å². The van der Waals surface area contributed by atoms with Crippen molar-refractivity contribution in [2.75, 3.05) is 19.6 Å². The minimum atomic E-state index is -0.448. The molecule has 0 spiro atoms. The first kappa shape index (κ1) is 16.2. The van der Waals surface area contributed by atoms with Crippen LogP contribution in [0, 0.1) is 5.92 Å². The van der Waals surface area contributed by atoms with E-state index in [1.165, 1.54) is 0 Å². The molecule has 112 valence electrons. The molecule has 2 unspecified atom stereocenters. The van der Waals surface area contributed by atoms with Crippen LogP contribution in [0.4, 0.5) is 4.79 Å². The number of hydrogen-bond donors (Lipinski definition) is 2. The highest BCUT2D eigenvalue weighted by atomic mass is 16.6. The smallest absolute Gasteiger partial charge is 0.410 e. The third kappa shape index (κ3) is 5.78. The number of carbonyl (C=O) groups excluding carboxylic acids is 1. The first-order valence-corrected chi connectivity index (χ1v) is 7.08. The molecule has 5 nitrogen and oxygen atoms in total. The fraction of sp³-hybridized carbons (Fsp3) is 0.929. The van der Waals surface area contributed by atoms with E-state index in [-0.39, 0.29) is 24.2 Å². The maximum absolute atomic E-state index is 11.9. The zero-order valence-corrected chi connectivity index (χ0v) is 12.8. The standard InChI is InChI=1S/C14H28N2O3/c1-10(2)12(17)8-15-11-6-7-16(9-11)13(18)19-14(3,4)5/h10-12,15,17H,6-9H2,1-5H3. The molecule has 1 aliphatic heterocycles. The molecule has 0 aromatic rings. The number of likely N-dealkylation sites (tertiary alicyclic amines) is 1. The van der Waals surface area contributed by atoms with Gasteiger partial charge in [0.05, 0.1) is 6.10 Å². The van der Waals surface area contributed by atoms with Gasteiger partial charge in [-0.15, -0.1) is 0 Å². The Morgan fingerprint density at radius 3 is 2.63 bits per heavy atom. The van der Waals surface area contributed by atoms with E-state index in [2.05, 4.69) is 5.32 Å². The number of hydrogen-bond acceptors (Lipinski definition) is 4. The second-order valence-electron chi connectivity index (χ2n) is 6.63. The molecule has 2 N–H and O–H groups in total. The van der Waals surface area contributed by atoms with E-state index in [0.717, 1.165) is 6.42 Å². The van der Waals surface area contributed by atoms with Gasteiger partial charge in [0.2, 0.25) is 0 Å². The molecule has 1 heterocycles. The highest BCUT2D eigenvalue weighted by Crippen LogP contribution is 2.15. The minimum absolute atomic E-state index is 0.246. The van der Waals surface area contributed by atoms with Gasteiger partial charge in [0.15, 0.2) is 0 Å². The Bertz CT molecular complexity index is 300. The summed E-state index contributed by atoms with van der Waals surface area (Å²) >= 11 is 0. The van der Waals surface area contributed by atoms with Crippen LogP contribution < -0.4 is 5.32 Å². The lowest BCUT2D eigenvalue weighted by molar-refractivity contribution is 0.0290. The van der Waals surface area contributed by atoms with Crippen LogP contribution in [-0.4, -0.2) is 53.5 Å². The van der Waals surface area contributed by atoms with Crippen LogP contribution in [0.1, 0.15) is 41.0 Å². The van der Waals surface area contributed by atoms with Gasteiger partial charge >= 0.3 is 6.09 Å². The van der Waals surface area contributed by atoms with Crippen LogP contribution in [0.15, 0.2) is 0 Å². The number of ether oxygens (including phenoxy) is 1. The third-order valence-corrected chi connectivity index (χ3v) is 3.23. The number of nitrogens with zero attached hydrogens (tertiary/aromatic N) is 1. The lowest BCUT2D eigenvalue weighted by Gasteiger charge is -2.24. The normalized spacial score (nSPS) is 21.8. The number of carbonyl (C=O) groups is 1. The summed E-state index contributed by atoms with van der Waals surface area (Å²) in [5, 5.41) is 13.1. The van der Waals surface area contributed by atoms with Crippen LogP contribution in [0.5, 0.6) is 0 Å². The zero-order chi connectivity index (χ0) is 14.6. The van der Waals surface area contributed by atoms with Gasteiger partial charge in [-0.2, -0.15) is 0 Å². The molecule has 2 atom stereocenters. The molecular weight excluding hydrogens is 244 g/mol. The van der Waals surface area contributed by atoms with Gasteiger partial charge in [0.1, 0.15) is 5.60 Å². The minimum Gasteiger partial charge on any atom is -0.444 e. The Morgan fingerprint density at radius 1 is 1.47 bits per heavy atom. The van der Waals surface area contributed by atoms with Crippen molar-refractivity contribution in [2.45, 2.75) is 58.8 Å². The van der Waals surface area contributed by atoms with E-state index < -0.39 is 5.60 Å². The van der Waals surface area contributed by atoms with Crippen LogP contribution in [0.2, 0.25) is 0 Å².